The zero-order valence-corrected chi connectivity index (χ0v) is 11.7. The van der Waals surface area contributed by atoms with Crippen molar-refractivity contribution in [2.75, 3.05) is 13.2 Å². The molecule has 1 unspecified atom stereocenters. The van der Waals surface area contributed by atoms with Crippen molar-refractivity contribution in [3.05, 3.63) is 15.8 Å². The molecule has 18 heavy (non-hydrogen) atoms. The first kappa shape index (κ1) is 13.4. The minimum absolute atomic E-state index is 0.0227. The van der Waals surface area contributed by atoms with Gasteiger partial charge in [0.2, 0.25) is 0 Å². The highest BCUT2D eigenvalue weighted by Gasteiger charge is 2.26. The van der Waals surface area contributed by atoms with Crippen molar-refractivity contribution in [1.29, 1.82) is 0 Å². The van der Waals surface area contributed by atoms with E-state index in [0.717, 1.165) is 11.3 Å². The molecule has 1 fully saturated rings. The van der Waals surface area contributed by atoms with Crippen molar-refractivity contribution in [1.82, 2.24) is 0 Å². The van der Waals surface area contributed by atoms with E-state index in [1.165, 1.54) is 11.3 Å². The molecule has 1 N–H and O–H groups in total. The summed E-state index contributed by atoms with van der Waals surface area (Å²) in [6, 6.07) is 1.85. The largest absolute Gasteiger partial charge is 0.486 e. The maximum atomic E-state index is 11.2. The summed E-state index contributed by atoms with van der Waals surface area (Å²) in [6.45, 7) is 7.41. The number of hydrogen-bond donors (Lipinski definition) is 1. The topological polar surface area (TPSA) is 55.8 Å². The van der Waals surface area contributed by atoms with Crippen LogP contribution in [0.3, 0.4) is 0 Å². The van der Waals surface area contributed by atoms with Crippen LogP contribution in [0.4, 0.5) is 0 Å². The molecule has 0 amide bonds. The van der Waals surface area contributed by atoms with Crippen LogP contribution in [0.25, 0.3) is 0 Å². The Morgan fingerprint density at radius 1 is 1.56 bits per heavy atom. The fourth-order valence-electron chi connectivity index (χ4n) is 1.77. The van der Waals surface area contributed by atoms with Gasteiger partial charge in [0.15, 0.2) is 4.88 Å². The zero-order chi connectivity index (χ0) is 13.3. The Labute approximate surface area is 111 Å². The lowest BCUT2D eigenvalue weighted by Gasteiger charge is -2.15. The van der Waals surface area contributed by atoms with E-state index in [9.17, 15) is 9.90 Å². The quantitative estimate of drug-likeness (QED) is 0.917. The molecule has 1 aromatic rings. The average Bonchev–Trinajstić information content (AvgIpc) is 2.85. The maximum Gasteiger partial charge on any atom is 0.349 e. The lowest BCUT2D eigenvalue weighted by atomic mass is 9.95. The van der Waals surface area contributed by atoms with Crippen LogP contribution in [0.5, 0.6) is 5.75 Å². The number of ether oxygens (including phenoxy) is 2. The molecule has 0 bridgehead atoms. The number of rotatable bonds is 3. The van der Waals surface area contributed by atoms with Crippen LogP contribution >= 0.6 is 11.3 Å². The van der Waals surface area contributed by atoms with E-state index in [-0.39, 0.29) is 16.4 Å². The minimum atomic E-state index is -0.926. The number of carboxylic acid groups (broad SMARTS) is 1. The molecular formula is C13H18O4S. The summed E-state index contributed by atoms with van der Waals surface area (Å²) in [5.41, 5.74) is -0.0668. The normalized spacial score (nSPS) is 20.1. The molecule has 1 aliphatic heterocycles. The van der Waals surface area contributed by atoms with E-state index in [4.69, 9.17) is 9.47 Å². The summed E-state index contributed by atoms with van der Waals surface area (Å²) < 4.78 is 11.0. The molecule has 100 valence electrons. The highest BCUT2D eigenvalue weighted by atomic mass is 32.1. The highest BCUT2D eigenvalue weighted by Crippen LogP contribution is 2.37. The number of carboxylic acids is 1. The van der Waals surface area contributed by atoms with Gasteiger partial charge in [0.05, 0.1) is 13.2 Å². The van der Waals surface area contributed by atoms with Gasteiger partial charge in [0, 0.05) is 11.3 Å². The molecule has 1 aromatic heterocycles. The Morgan fingerprint density at radius 2 is 2.28 bits per heavy atom. The van der Waals surface area contributed by atoms with Crippen LogP contribution in [0.15, 0.2) is 6.07 Å². The van der Waals surface area contributed by atoms with Gasteiger partial charge in [-0.1, -0.05) is 20.8 Å². The Balaban J connectivity index is 2.26. The predicted octanol–water partition coefficient (Wildman–Crippen LogP) is 2.91. The van der Waals surface area contributed by atoms with Crippen molar-refractivity contribution < 1.29 is 19.4 Å². The highest BCUT2D eigenvalue weighted by molar-refractivity contribution is 7.14. The third kappa shape index (κ3) is 2.84. The van der Waals surface area contributed by atoms with E-state index in [2.05, 4.69) is 20.8 Å². The number of hydrogen-bond acceptors (Lipinski definition) is 4. The van der Waals surface area contributed by atoms with E-state index < -0.39 is 5.97 Å². The van der Waals surface area contributed by atoms with Crippen LogP contribution in [0.1, 0.15) is 41.7 Å². The van der Waals surface area contributed by atoms with Crippen LogP contribution in [-0.4, -0.2) is 30.4 Å². The summed E-state index contributed by atoms with van der Waals surface area (Å²) in [5, 5.41) is 9.22. The molecule has 0 saturated carbocycles. The predicted molar refractivity (Wildman–Crippen MR) is 69.8 cm³/mol. The van der Waals surface area contributed by atoms with Crippen molar-refractivity contribution in [2.24, 2.45) is 0 Å². The molecule has 2 heterocycles. The standard InChI is InChI=1S/C13H18O4S/c1-13(2,3)10-6-9(11(18-10)12(14)15)17-8-4-5-16-7-8/h6,8H,4-5,7H2,1-3H3,(H,14,15). The molecule has 1 aliphatic rings. The molecule has 0 aromatic carbocycles. The number of carbonyl (C=O) groups is 1. The molecular weight excluding hydrogens is 252 g/mol. The monoisotopic (exact) mass is 270 g/mol. The van der Waals surface area contributed by atoms with Crippen LogP contribution < -0.4 is 4.74 Å². The van der Waals surface area contributed by atoms with Crippen LogP contribution in [-0.2, 0) is 10.2 Å². The van der Waals surface area contributed by atoms with Gasteiger partial charge >= 0.3 is 5.97 Å². The first-order valence-electron chi connectivity index (χ1n) is 6.00. The van der Waals surface area contributed by atoms with Crippen LogP contribution in [0, 0.1) is 0 Å². The smallest absolute Gasteiger partial charge is 0.349 e. The SMILES string of the molecule is CC(C)(C)c1cc(OC2CCOC2)c(C(=O)O)s1. The molecule has 0 radical (unpaired) electrons. The Kier molecular flexibility index (Phi) is 3.64. The second-order valence-electron chi connectivity index (χ2n) is 5.46. The van der Waals surface area contributed by atoms with Gasteiger partial charge in [-0.05, 0) is 11.5 Å². The molecule has 0 aliphatic carbocycles. The molecule has 1 atom stereocenters. The van der Waals surface area contributed by atoms with E-state index in [1.807, 2.05) is 6.07 Å². The third-order valence-corrected chi connectivity index (χ3v) is 4.34. The first-order valence-corrected chi connectivity index (χ1v) is 6.81. The Bertz CT molecular complexity index is 438. The molecule has 0 spiro atoms. The van der Waals surface area contributed by atoms with Gasteiger partial charge in [0.25, 0.3) is 0 Å². The maximum absolute atomic E-state index is 11.2. The fourth-order valence-corrected chi connectivity index (χ4v) is 2.75. The lowest BCUT2D eigenvalue weighted by Crippen LogP contribution is -2.16. The summed E-state index contributed by atoms with van der Waals surface area (Å²) in [6.07, 6.45) is 0.797. The summed E-state index contributed by atoms with van der Waals surface area (Å²) in [4.78, 5) is 12.5. The van der Waals surface area contributed by atoms with Crippen molar-refractivity contribution in [3.63, 3.8) is 0 Å². The minimum Gasteiger partial charge on any atom is -0.486 e. The van der Waals surface area contributed by atoms with Gasteiger partial charge in [-0.15, -0.1) is 11.3 Å². The summed E-state index contributed by atoms with van der Waals surface area (Å²) >= 11 is 1.29. The van der Waals surface area contributed by atoms with Crippen molar-refractivity contribution in [3.8, 4) is 5.75 Å². The van der Waals surface area contributed by atoms with E-state index >= 15 is 0 Å². The van der Waals surface area contributed by atoms with E-state index in [1.54, 1.807) is 0 Å². The first-order chi connectivity index (χ1) is 8.38. The summed E-state index contributed by atoms with van der Waals surface area (Å²) in [5.74, 6) is -0.447. The Morgan fingerprint density at radius 3 is 2.78 bits per heavy atom. The van der Waals surface area contributed by atoms with Gasteiger partial charge in [-0.2, -0.15) is 0 Å². The molecule has 1 saturated heterocycles. The summed E-state index contributed by atoms with van der Waals surface area (Å²) in [7, 11) is 0. The van der Waals surface area contributed by atoms with Gasteiger partial charge in [0.1, 0.15) is 11.9 Å². The molecule has 4 nitrogen and oxygen atoms in total. The average molecular weight is 270 g/mol. The zero-order valence-electron chi connectivity index (χ0n) is 10.9. The van der Waals surface area contributed by atoms with Gasteiger partial charge in [-0.25, -0.2) is 4.79 Å². The molecule has 2 rings (SSSR count). The molecule has 5 heteroatoms. The number of thiophene rings is 1. The van der Waals surface area contributed by atoms with E-state index in [0.29, 0.717) is 19.0 Å². The number of aromatic carboxylic acids is 1. The second kappa shape index (κ2) is 4.90. The van der Waals surface area contributed by atoms with Crippen molar-refractivity contribution >= 4 is 17.3 Å². The van der Waals surface area contributed by atoms with Gasteiger partial charge in [-0.3, -0.25) is 0 Å². The van der Waals surface area contributed by atoms with Crippen LogP contribution in [0.2, 0.25) is 0 Å². The van der Waals surface area contributed by atoms with Crippen molar-refractivity contribution in [2.45, 2.75) is 38.7 Å². The fraction of sp³-hybridized carbons (Fsp3) is 0.615. The third-order valence-electron chi connectivity index (χ3n) is 2.81. The van der Waals surface area contributed by atoms with Gasteiger partial charge < -0.3 is 14.6 Å². The second-order valence-corrected chi connectivity index (χ2v) is 6.51. The Hall–Kier alpha value is -1.07. The lowest BCUT2D eigenvalue weighted by molar-refractivity contribution is 0.0693.